The first kappa shape index (κ1) is 35.5. The van der Waals surface area contributed by atoms with Gasteiger partial charge in [0.1, 0.15) is 53.3 Å². The van der Waals surface area contributed by atoms with Gasteiger partial charge in [-0.2, -0.15) is 0 Å². The van der Waals surface area contributed by atoms with Crippen molar-refractivity contribution in [1.82, 2.24) is 10.2 Å². The van der Waals surface area contributed by atoms with Crippen LogP contribution in [0.4, 0.5) is 0 Å². The summed E-state index contributed by atoms with van der Waals surface area (Å²) in [5.74, 6) is 0.540. The minimum Gasteiger partial charge on any atom is -0.493 e. The number of hydrogen-bond donors (Lipinski definition) is 1. The summed E-state index contributed by atoms with van der Waals surface area (Å²) < 4.78 is 30.5. The molecule has 2 amide bonds. The van der Waals surface area contributed by atoms with E-state index in [1.807, 2.05) is 53.9 Å². The molecule has 3 unspecified atom stereocenters. The van der Waals surface area contributed by atoms with Gasteiger partial charge in [0.05, 0.1) is 18.6 Å². The zero-order chi connectivity index (χ0) is 37.4. The van der Waals surface area contributed by atoms with Crippen LogP contribution in [-0.4, -0.2) is 65.6 Å². The summed E-state index contributed by atoms with van der Waals surface area (Å²) in [5, 5.41) is 4.26. The van der Waals surface area contributed by atoms with E-state index in [4.69, 9.17) is 23.7 Å². The Balaban J connectivity index is 1.07. The molecule has 1 fully saturated rings. The average Bonchev–Trinajstić information content (AvgIpc) is 3.80. The highest BCUT2D eigenvalue weighted by Gasteiger charge is 2.55. The molecule has 0 radical (unpaired) electrons. The van der Waals surface area contributed by atoms with Gasteiger partial charge < -0.3 is 29.0 Å². The minimum atomic E-state index is -1.26. The number of unbranched alkanes of at least 4 members (excludes halogenated alkanes) is 1. The van der Waals surface area contributed by atoms with E-state index in [-0.39, 0.29) is 31.2 Å². The fourth-order valence-corrected chi connectivity index (χ4v) is 9.13. The number of nitrogens with one attached hydrogen (secondary N) is 1. The Morgan fingerprint density at radius 3 is 2.48 bits per heavy atom. The molecule has 4 aliphatic rings. The second-order valence-electron chi connectivity index (χ2n) is 13.1. The van der Waals surface area contributed by atoms with Crippen molar-refractivity contribution < 1.29 is 42.9 Å². The van der Waals surface area contributed by atoms with Crippen molar-refractivity contribution in [2.24, 2.45) is 0 Å². The van der Waals surface area contributed by atoms with Crippen molar-refractivity contribution in [2.75, 3.05) is 25.6 Å². The second-order valence-corrected chi connectivity index (χ2v) is 15.2. The number of benzene rings is 3. The summed E-state index contributed by atoms with van der Waals surface area (Å²) in [6.45, 7) is 6.20. The monoisotopic (exact) mass is 764 g/mol. The highest BCUT2D eigenvalue weighted by atomic mass is 32.2. The lowest BCUT2D eigenvalue weighted by atomic mass is 9.77. The summed E-state index contributed by atoms with van der Waals surface area (Å²) in [6, 6.07) is 21.1. The summed E-state index contributed by atoms with van der Waals surface area (Å²) in [7, 11) is 0. The molecule has 4 aliphatic heterocycles. The molecule has 13 heteroatoms. The lowest BCUT2D eigenvalue weighted by Crippen LogP contribution is -2.70. The molecule has 1 aromatic heterocycles. The van der Waals surface area contributed by atoms with E-state index in [1.54, 1.807) is 24.3 Å². The van der Waals surface area contributed by atoms with Crippen molar-refractivity contribution in [1.29, 1.82) is 0 Å². The number of thiophene rings is 1. The van der Waals surface area contributed by atoms with Gasteiger partial charge in [0, 0.05) is 45.0 Å². The normalized spacial score (nSPS) is 20.4. The quantitative estimate of drug-likeness (QED) is 0.0698. The number of esters is 2. The van der Waals surface area contributed by atoms with Gasteiger partial charge in [0.2, 0.25) is 5.91 Å². The predicted octanol–water partition coefficient (Wildman–Crippen LogP) is 6.50. The number of fused-ring (bicyclic) bond motifs is 7. The molecule has 0 bridgehead atoms. The molecule has 1 saturated heterocycles. The largest absolute Gasteiger partial charge is 0.493 e. The summed E-state index contributed by atoms with van der Waals surface area (Å²) in [6.07, 6.45) is 3.51. The molecule has 3 aromatic carbocycles. The molecule has 1 N–H and O–H groups in total. The average molecular weight is 765 g/mol. The fraction of sp³-hybridized carbons (Fsp3) is 0.268. The second kappa shape index (κ2) is 14.7. The van der Waals surface area contributed by atoms with E-state index in [0.717, 1.165) is 17.7 Å². The van der Waals surface area contributed by atoms with Crippen LogP contribution in [0.1, 0.15) is 51.7 Å². The van der Waals surface area contributed by atoms with Crippen LogP contribution in [0, 0.1) is 0 Å². The summed E-state index contributed by atoms with van der Waals surface area (Å²) in [4.78, 5) is 55.2. The Kier molecular flexibility index (Phi) is 9.67. The van der Waals surface area contributed by atoms with Crippen LogP contribution in [0.2, 0.25) is 0 Å². The number of amides is 2. The number of thioether (sulfide) groups is 1. The molecule has 0 aliphatic carbocycles. The van der Waals surface area contributed by atoms with Crippen molar-refractivity contribution >= 4 is 46.9 Å². The van der Waals surface area contributed by atoms with E-state index in [1.165, 1.54) is 34.1 Å². The van der Waals surface area contributed by atoms with E-state index >= 15 is 0 Å². The van der Waals surface area contributed by atoms with Gasteiger partial charge in [-0.15, -0.1) is 23.1 Å². The third-order valence-electron chi connectivity index (χ3n) is 9.64. The molecule has 3 atom stereocenters. The number of β-lactam (4-membered cyclic amide) rings is 1. The zero-order valence-electron chi connectivity index (χ0n) is 29.3. The maximum atomic E-state index is 13.5. The maximum Gasteiger partial charge on any atom is 0.355 e. The van der Waals surface area contributed by atoms with Gasteiger partial charge in [-0.25, -0.2) is 9.59 Å². The molecule has 4 aromatic rings. The molecule has 5 heterocycles. The topological polar surface area (TPSA) is 130 Å². The predicted molar refractivity (Wildman–Crippen MR) is 202 cm³/mol. The molecule has 54 heavy (non-hydrogen) atoms. The highest BCUT2D eigenvalue weighted by Crippen LogP contribution is 2.57. The van der Waals surface area contributed by atoms with Crippen LogP contribution < -0.4 is 19.5 Å². The molecule has 276 valence electrons. The van der Waals surface area contributed by atoms with Crippen LogP contribution in [0.3, 0.4) is 0 Å². The lowest BCUT2D eigenvalue weighted by molar-refractivity contribution is -0.152. The van der Waals surface area contributed by atoms with Gasteiger partial charge in [-0.3, -0.25) is 14.5 Å². The van der Waals surface area contributed by atoms with E-state index < -0.39 is 34.9 Å². The number of carbonyl (C=O) groups is 4. The first-order chi connectivity index (χ1) is 26.3. The number of carbonyl (C=O) groups excluding carboxylic acids is 4. The standard InChI is InChI=1S/C41H36N2O9S2/c1-3-5-17-48-25-12-14-30-32(19-25)51-33-20-26(13-15-31(33)41(30)29-11-7-6-10-28(29)39(46)52-41)50-22-24-23-54-38-35(42-34(44)21-27-9-8-18-53-27)37(45)43(38)36(24)40(47)49-16-4-2/h4,6-15,18-20,35,38H,2-3,5,16-17,21-23H2,1H3,(H,42,44). The van der Waals surface area contributed by atoms with Crippen LogP contribution in [0.15, 0.2) is 102 Å². The first-order valence-electron chi connectivity index (χ1n) is 17.6. The lowest BCUT2D eigenvalue weighted by Gasteiger charge is -2.49. The van der Waals surface area contributed by atoms with Gasteiger partial charge in [-0.05, 0) is 48.2 Å². The third-order valence-corrected chi connectivity index (χ3v) is 11.9. The van der Waals surface area contributed by atoms with E-state index in [9.17, 15) is 19.2 Å². The van der Waals surface area contributed by atoms with Crippen LogP contribution in [0.25, 0.3) is 0 Å². The van der Waals surface area contributed by atoms with Crippen molar-refractivity contribution in [2.45, 2.75) is 43.2 Å². The first-order valence-corrected chi connectivity index (χ1v) is 19.6. The summed E-state index contributed by atoms with van der Waals surface area (Å²) >= 11 is 2.90. The van der Waals surface area contributed by atoms with Gasteiger partial charge in [0.25, 0.3) is 5.91 Å². The van der Waals surface area contributed by atoms with Crippen molar-refractivity contribution in [3.63, 3.8) is 0 Å². The van der Waals surface area contributed by atoms with Crippen molar-refractivity contribution in [3.05, 3.63) is 129 Å². The van der Waals surface area contributed by atoms with Gasteiger partial charge in [-0.1, -0.05) is 50.3 Å². The molecular formula is C41H36N2O9S2. The SMILES string of the molecule is C=CCOC(=O)C1=C(COc2ccc3c(c2)Oc2cc(OCCCC)ccc2C32OC(=O)c3ccccc32)CSC2C(NC(=O)Cc3cccs3)C(=O)N12. The Labute approximate surface area is 319 Å². The van der Waals surface area contributed by atoms with Crippen LogP contribution in [0.5, 0.6) is 23.0 Å². The van der Waals surface area contributed by atoms with Crippen LogP contribution >= 0.6 is 23.1 Å². The third kappa shape index (κ3) is 6.20. The fourth-order valence-electron chi connectivity index (χ4n) is 7.10. The smallest absolute Gasteiger partial charge is 0.355 e. The number of hydrogen-bond acceptors (Lipinski definition) is 11. The highest BCUT2D eigenvalue weighted by molar-refractivity contribution is 8.00. The summed E-state index contributed by atoms with van der Waals surface area (Å²) in [5.41, 5.74) is 1.87. The number of nitrogens with zero attached hydrogens (tertiary/aromatic N) is 1. The molecule has 8 rings (SSSR count). The Morgan fingerprint density at radius 1 is 1.00 bits per heavy atom. The van der Waals surface area contributed by atoms with E-state index in [2.05, 4.69) is 18.8 Å². The number of rotatable bonds is 13. The maximum absolute atomic E-state index is 13.5. The Bertz CT molecular complexity index is 2200. The Hall–Kier alpha value is -5.53. The van der Waals surface area contributed by atoms with Crippen molar-refractivity contribution in [3.8, 4) is 23.0 Å². The number of ether oxygens (including phenoxy) is 5. The molecule has 1 spiro atoms. The minimum absolute atomic E-state index is 0.0365. The molecule has 11 nitrogen and oxygen atoms in total. The zero-order valence-corrected chi connectivity index (χ0v) is 31.0. The van der Waals surface area contributed by atoms with Gasteiger partial charge in [0.15, 0.2) is 5.60 Å². The van der Waals surface area contributed by atoms with E-state index in [0.29, 0.717) is 63.2 Å². The molecular weight excluding hydrogens is 729 g/mol. The Morgan fingerprint density at radius 2 is 1.76 bits per heavy atom. The van der Waals surface area contributed by atoms with Crippen LogP contribution in [-0.2, 0) is 35.9 Å². The molecule has 0 saturated carbocycles. The van der Waals surface area contributed by atoms with Gasteiger partial charge >= 0.3 is 11.9 Å².